The number of anilines is 1. The highest BCUT2D eigenvalue weighted by molar-refractivity contribution is 6.03. The fourth-order valence-electron chi connectivity index (χ4n) is 4.52. The Morgan fingerprint density at radius 3 is 2.50 bits per heavy atom. The van der Waals surface area contributed by atoms with E-state index in [0.717, 1.165) is 17.0 Å². The number of rotatable bonds is 6. The predicted molar refractivity (Wildman–Crippen MR) is 127 cm³/mol. The fourth-order valence-corrected chi connectivity index (χ4v) is 4.52. The van der Waals surface area contributed by atoms with E-state index in [9.17, 15) is 9.18 Å². The summed E-state index contributed by atoms with van der Waals surface area (Å²) in [5.74, 6) is 1.19. The van der Waals surface area contributed by atoms with E-state index in [2.05, 4.69) is 4.90 Å². The summed E-state index contributed by atoms with van der Waals surface area (Å²) in [5.41, 5.74) is 2.40. The Balaban J connectivity index is 1.28. The number of amides is 1. The Morgan fingerprint density at radius 2 is 1.82 bits per heavy atom. The van der Waals surface area contributed by atoms with Crippen molar-refractivity contribution < 1.29 is 18.3 Å². The molecule has 5 rings (SSSR count). The smallest absolute Gasteiger partial charge is 0.257 e. The van der Waals surface area contributed by atoms with Crippen molar-refractivity contribution >= 4 is 17.3 Å². The third-order valence-electron chi connectivity index (χ3n) is 6.39. The van der Waals surface area contributed by atoms with Crippen LogP contribution in [-0.4, -0.2) is 61.4 Å². The van der Waals surface area contributed by atoms with E-state index in [1.165, 1.54) is 6.07 Å². The number of nitrogens with zero attached hydrogens (tertiary/aromatic N) is 4. The van der Waals surface area contributed by atoms with Gasteiger partial charge in [-0.2, -0.15) is 5.10 Å². The molecule has 0 saturated carbocycles. The van der Waals surface area contributed by atoms with Crippen molar-refractivity contribution in [2.75, 3.05) is 44.7 Å². The summed E-state index contributed by atoms with van der Waals surface area (Å²) in [6, 6.07) is 17.9. The molecule has 3 heterocycles. The molecule has 0 unspecified atom stereocenters. The molecule has 0 N–H and O–H groups in total. The first kappa shape index (κ1) is 22.2. The normalized spacial score (nSPS) is 18.8. The first-order valence-electron chi connectivity index (χ1n) is 11.4. The van der Waals surface area contributed by atoms with Crippen molar-refractivity contribution in [1.82, 2.24) is 9.91 Å². The van der Waals surface area contributed by atoms with Crippen LogP contribution in [0.25, 0.3) is 0 Å². The maximum absolute atomic E-state index is 14.1. The summed E-state index contributed by atoms with van der Waals surface area (Å²) in [4.78, 5) is 17.5. The van der Waals surface area contributed by atoms with E-state index < -0.39 is 0 Å². The van der Waals surface area contributed by atoms with Crippen LogP contribution in [0.3, 0.4) is 0 Å². The minimum atomic E-state index is -0.278. The van der Waals surface area contributed by atoms with Gasteiger partial charge in [0.2, 0.25) is 0 Å². The zero-order valence-corrected chi connectivity index (χ0v) is 19.1. The van der Waals surface area contributed by atoms with Crippen molar-refractivity contribution in [2.45, 2.75) is 12.5 Å². The Kier molecular flexibility index (Phi) is 6.31. The van der Waals surface area contributed by atoms with Crippen molar-refractivity contribution in [2.24, 2.45) is 5.10 Å². The zero-order chi connectivity index (χ0) is 23.5. The molecular weight excluding hydrogens is 435 g/mol. The average molecular weight is 463 g/mol. The summed E-state index contributed by atoms with van der Waals surface area (Å²) in [7, 11) is 1.63. The molecule has 2 aliphatic heterocycles. The number of para-hydroxylation sites is 1. The quantitative estimate of drug-likeness (QED) is 0.556. The van der Waals surface area contributed by atoms with Gasteiger partial charge in [-0.1, -0.05) is 12.1 Å². The van der Waals surface area contributed by atoms with E-state index >= 15 is 0 Å². The summed E-state index contributed by atoms with van der Waals surface area (Å²) in [6.07, 6.45) is 2.19. The van der Waals surface area contributed by atoms with Gasteiger partial charge in [0.15, 0.2) is 0 Å². The molecule has 176 valence electrons. The topological polar surface area (TPSA) is 61.5 Å². The SMILES string of the molecule is COc1ccc(C2=NN(C(=O)CN3CCN(c4ccccc4F)CC3)[C@H](c3ccco3)C2)cc1. The standard InChI is InChI=1S/C26H27FN4O3/c1-33-20-10-8-19(9-11-20)22-17-24(25-7-4-16-34-25)31(28-22)26(32)18-29-12-14-30(15-13-29)23-6-3-2-5-21(23)27/h2-11,16,24H,12-15,17-18H2,1H3/t24-/m0/s1. The van der Waals surface area contributed by atoms with Gasteiger partial charge >= 0.3 is 0 Å². The van der Waals surface area contributed by atoms with Crippen LogP contribution in [0.2, 0.25) is 0 Å². The average Bonchev–Trinajstić information content (AvgIpc) is 3.55. The number of hydrogen-bond donors (Lipinski definition) is 0. The fraction of sp³-hybridized carbons (Fsp3) is 0.308. The van der Waals surface area contributed by atoms with Gasteiger partial charge in [0.1, 0.15) is 23.4 Å². The number of carbonyl (C=O) groups is 1. The Hall–Kier alpha value is -3.65. The number of ether oxygens (including phenoxy) is 1. The largest absolute Gasteiger partial charge is 0.497 e. The molecule has 1 atom stereocenters. The lowest BCUT2D eigenvalue weighted by Gasteiger charge is -2.36. The number of furan rings is 1. The molecule has 2 aliphatic rings. The molecule has 1 saturated heterocycles. The Bertz CT molecular complexity index is 1160. The number of carbonyl (C=O) groups excluding carboxylic acids is 1. The van der Waals surface area contributed by atoms with Gasteiger partial charge in [-0.15, -0.1) is 0 Å². The number of halogens is 1. The van der Waals surface area contributed by atoms with Crippen molar-refractivity contribution in [3.05, 3.63) is 84.1 Å². The minimum Gasteiger partial charge on any atom is -0.497 e. The highest BCUT2D eigenvalue weighted by Gasteiger charge is 2.35. The monoisotopic (exact) mass is 462 g/mol. The minimum absolute atomic E-state index is 0.0794. The number of piperazine rings is 1. The van der Waals surface area contributed by atoms with E-state index in [0.29, 0.717) is 44.0 Å². The number of methoxy groups -OCH3 is 1. The second kappa shape index (κ2) is 9.69. The molecule has 7 nitrogen and oxygen atoms in total. The lowest BCUT2D eigenvalue weighted by Crippen LogP contribution is -2.49. The predicted octanol–water partition coefficient (Wildman–Crippen LogP) is 3.93. The third-order valence-corrected chi connectivity index (χ3v) is 6.39. The Morgan fingerprint density at radius 1 is 1.06 bits per heavy atom. The lowest BCUT2D eigenvalue weighted by molar-refractivity contribution is -0.134. The molecule has 8 heteroatoms. The zero-order valence-electron chi connectivity index (χ0n) is 19.1. The van der Waals surface area contributed by atoms with Gasteiger partial charge in [-0.3, -0.25) is 9.69 Å². The maximum atomic E-state index is 14.1. The van der Waals surface area contributed by atoms with Crippen LogP contribution in [0.15, 0.2) is 76.4 Å². The molecule has 1 amide bonds. The molecule has 0 spiro atoms. The summed E-state index contributed by atoms with van der Waals surface area (Å²) in [6.45, 7) is 2.93. The molecule has 0 radical (unpaired) electrons. The van der Waals surface area contributed by atoms with Gasteiger partial charge in [-0.25, -0.2) is 9.40 Å². The van der Waals surface area contributed by atoms with Crippen molar-refractivity contribution in [1.29, 1.82) is 0 Å². The highest BCUT2D eigenvalue weighted by atomic mass is 19.1. The van der Waals surface area contributed by atoms with Gasteiger partial charge in [0.25, 0.3) is 5.91 Å². The molecule has 0 bridgehead atoms. The van der Waals surface area contributed by atoms with Crippen LogP contribution in [0.4, 0.5) is 10.1 Å². The van der Waals surface area contributed by atoms with Crippen LogP contribution in [0.5, 0.6) is 5.75 Å². The van der Waals surface area contributed by atoms with Gasteiger partial charge in [-0.05, 0) is 54.1 Å². The Labute approximate surface area is 198 Å². The molecule has 0 aliphatic carbocycles. The van der Waals surface area contributed by atoms with Crippen LogP contribution in [-0.2, 0) is 4.79 Å². The molecule has 1 fully saturated rings. The van der Waals surface area contributed by atoms with Gasteiger partial charge in [0.05, 0.1) is 31.3 Å². The number of benzene rings is 2. The molecular formula is C26H27FN4O3. The molecule has 34 heavy (non-hydrogen) atoms. The first-order chi connectivity index (χ1) is 16.6. The summed E-state index contributed by atoms with van der Waals surface area (Å²) < 4.78 is 25.0. The molecule has 2 aromatic carbocycles. The van der Waals surface area contributed by atoms with Crippen LogP contribution in [0.1, 0.15) is 23.8 Å². The molecule has 3 aromatic rings. The first-order valence-corrected chi connectivity index (χ1v) is 11.4. The molecule has 1 aromatic heterocycles. The van der Waals surface area contributed by atoms with Crippen LogP contribution >= 0.6 is 0 Å². The van der Waals surface area contributed by atoms with Crippen LogP contribution in [0, 0.1) is 5.82 Å². The van der Waals surface area contributed by atoms with E-state index in [-0.39, 0.29) is 24.3 Å². The number of hydrazone groups is 1. The van der Waals surface area contributed by atoms with Crippen LogP contribution < -0.4 is 9.64 Å². The number of hydrogen-bond acceptors (Lipinski definition) is 6. The van der Waals surface area contributed by atoms with Crippen molar-refractivity contribution in [3.8, 4) is 5.75 Å². The van der Waals surface area contributed by atoms with E-state index in [1.807, 2.05) is 47.4 Å². The summed E-state index contributed by atoms with van der Waals surface area (Å²) >= 11 is 0. The van der Waals surface area contributed by atoms with E-state index in [4.69, 9.17) is 14.3 Å². The summed E-state index contributed by atoms with van der Waals surface area (Å²) in [5, 5.41) is 6.26. The van der Waals surface area contributed by atoms with E-state index in [1.54, 1.807) is 30.5 Å². The lowest BCUT2D eigenvalue weighted by atomic mass is 10.0. The van der Waals surface area contributed by atoms with Gasteiger partial charge < -0.3 is 14.1 Å². The van der Waals surface area contributed by atoms with Crippen molar-refractivity contribution in [3.63, 3.8) is 0 Å². The second-order valence-electron chi connectivity index (χ2n) is 8.46. The highest BCUT2D eigenvalue weighted by Crippen LogP contribution is 2.33. The second-order valence-corrected chi connectivity index (χ2v) is 8.46. The maximum Gasteiger partial charge on any atom is 0.257 e. The van der Waals surface area contributed by atoms with Gasteiger partial charge in [0, 0.05) is 32.6 Å². The third kappa shape index (κ3) is 4.54.